The molecule has 1 saturated heterocycles. The van der Waals surface area contributed by atoms with Crippen LogP contribution in [0.25, 0.3) is 0 Å². The number of carbonyl (C=O) groups is 1. The second-order valence-corrected chi connectivity index (χ2v) is 6.57. The average molecular weight is 221 g/mol. The predicted octanol–water partition coefficient (Wildman–Crippen LogP) is 3.17. The Morgan fingerprint density at radius 1 is 1.23 bits per heavy atom. The molecule has 0 atom stereocenters. The van der Waals surface area contributed by atoms with Crippen LogP contribution in [0.5, 0.6) is 0 Å². The van der Waals surface area contributed by atoms with Gasteiger partial charge in [0, 0.05) is 5.92 Å². The summed E-state index contributed by atoms with van der Waals surface area (Å²) in [4.78, 5) is 11.4. The summed E-state index contributed by atoms with van der Waals surface area (Å²) in [5.41, 5.74) is 0.0660. The Kier molecular flexibility index (Phi) is 3.04. The van der Waals surface area contributed by atoms with E-state index in [1.165, 1.54) is 0 Å². The molecule has 1 rings (SSSR count). The van der Waals surface area contributed by atoms with Crippen LogP contribution in [0.15, 0.2) is 0 Å². The van der Waals surface area contributed by atoms with E-state index in [1.807, 2.05) is 11.8 Å². The molecule has 0 amide bonds. The molecule has 0 aromatic heterocycles. The third kappa shape index (κ3) is 2.21. The van der Waals surface area contributed by atoms with Crippen LogP contribution < -0.4 is 0 Å². The standard InChI is InChI=1S/C10H17ClOS/c1-9(2)5-13-6-10(3,4)7(9)8(11)12/h7H,5-6H2,1-4H3. The van der Waals surface area contributed by atoms with Gasteiger partial charge in [-0.25, -0.2) is 0 Å². The van der Waals surface area contributed by atoms with Crippen molar-refractivity contribution in [2.24, 2.45) is 16.7 Å². The van der Waals surface area contributed by atoms with E-state index in [0.29, 0.717) is 0 Å². The van der Waals surface area contributed by atoms with Crippen LogP contribution >= 0.6 is 23.4 Å². The molecule has 1 aliphatic rings. The Labute approximate surface area is 89.6 Å². The zero-order chi connectivity index (χ0) is 10.3. The average Bonchev–Trinajstić information content (AvgIpc) is 1.79. The molecular weight excluding hydrogens is 204 g/mol. The molecule has 0 N–H and O–H groups in total. The highest BCUT2D eigenvalue weighted by Crippen LogP contribution is 2.49. The molecule has 0 spiro atoms. The van der Waals surface area contributed by atoms with E-state index in [4.69, 9.17) is 11.6 Å². The zero-order valence-electron chi connectivity index (χ0n) is 8.69. The first kappa shape index (κ1) is 11.4. The highest BCUT2D eigenvalue weighted by Gasteiger charge is 2.47. The van der Waals surface area contributed by atoms with Crippen molar-refractivity contribution in [3.8, 4) is 0 Å². The van der Waals surface area contributed by atoms with Gasteiger partial charge in [-0.3, -0.25) is 4.79 Å². The van der Waals surface area contributed by atoms with Gasteiger partial charge in [0.1, 0.15) is 0 Å². The minimum Gasteiger partial charge on any atom is -0.281 e. The van der Waals surface area contributed by atoms with Crippen molar-refractivity contribution in [2.75, 3.05) is 11.5 Å². The first-order valence-electron chi connectivity index (χ1n) is 4.54. The largest absolute Gasteiger partial charge is 0.281 e. The second-order valence-electron chi connectivity index (χ2n) is 5.21. The van der Waals surface area contributed by atoms with Crippen LogP contribution in [-0.4, -0.2) is 16.7 Å². The van der Waals surface area contributed by atoms with Crippen LogP contribution in [0.3, 0.4) is 0 Å². The number of carbonyl (C=O) groups excluding carboxylic acids is 1. The van der Waals surface area contributed by atoms with Gasteiger partial charge in [0.2, 0.25) is 5.24 Å². The van der Waals surface area contributed by atoms with Crippen molar-refractivity contribution in [3.05, 3.63) is 0 Å². The van der Waals surface area contributed by atoms with Crippen molar-refractivity contribution < 1.29 is 4.79 Å². The molecule has 0 unspecified atom stereocenters. The Morgan fingerprint density at radius 2 is 1.62 bits per heavy atom. The summed E-state index contributed by atoms with van der Waals surface area (Å²) >= 11 is 7.60. The Hall–Kier alpha value is 0.310. The molecule has 13 heavy (non-hydrogen) atoms. The molecule has 1 fully saturated rings. The maximum absolute atomic E-state index is 11.4. The molecule has 1 nitrogen and oxygen atoms in total. The fourth-order valence-corrected chi connectivity index (χ4v) is 4.49. The molecule has 0 saturated carbocycles. The van der Waals surface area contributed by atoms with E-state index in [-0.39, 0.29) is 22.0 Å². The Balaban J connectivity index is 2.98. The molecule has 1 heterocycles. The van der Waals surface area contributed by atoms with Gasteiger partial charge in [0.05, 0.1) is 0 Å². The Bertz CT molecular complexity index is 207. The van der Waals surface area contributed by atoms with E-state index in [9.17, 15) is 4.79 Å². The molecule has 76 valence electrons. The van der Waals surface area contributed by atoms with Gasteiger partial charge < -0.3 is 0 Å². The van der Waals surface area contributed by atoms with Gasteiger partial charge in [-0.1, -0.05) is 27.7 Å². The minimum absolute atomic E-state index is 0.0112. The normalized spacial score (nSPS) is 27.2. The first-order chi connectivity index (χ1) is 5.77. The summed E-state index contributed by atoms with van der Waals surface area (Å²) in [5.74, 6) is 2.04. The monoisotopic (exact) mass is 220 g/mol. The van der Waals surface area contributed by atoms with Gasteiger partial charge >= 0.3 is 0 Å². The number of thioether (sulfide) groups is 1. The van der Waals surface area contributed by atoms with Crippen LogP contribution in [0.1, 0.15) is 27.7 Å². The van der Waals surface area contributed by atoms with Crippen molar-refractivity contribution in [1.82, 2.24) is 0 Å². The van der Waals surface area contributed by atoms with E-state index < -0.39 is 0 Å². The van der Waals surface area contributed by atoms with E-state index in [1.54, 1.807) is 0 Å². The van der Waals surface area contributed by atoms with E-state index >= 15 is 0 Å². The van der Waals surface area contributed by atoms with E-state index in [2.05, 4.69) is 27.7 Å². The molecular formula is C10H17ClOS. The Morgan fingerprint density at radius 3 is 1.85 bits per heavy atom. The summed E-state index contributed by atoms with van der Waals surface area (Å²) in [6.45, 7) is 8.52. The minimum atomic E-state index is -0.171. The first-order valence-corrected chi connectivity index (χ1v) is 6.08. The third-order valence-corrected chi connectivity index (χ3v) is 4.85. The van der Waals surface area contributed by atoms with Gasteiger partial charge in [0.25, 0.3) is 0 Å². The fraction of sp³-hybridized carbons (Fsp3) is 0.900. The molecule has 3 heteroatoms. The van der Waals surface area contributed by atoms with Crippen molar-refractivity contribution in [2.45, 2.75) is 27.7 Å². The molecule has 0 aliphatic carbocycles. The van der Waals surface area contributed by atoms with Gasteiger partial charge in [-0.2, -0.15) is 11.8 Å². The number of hydrogen-bond donors (Lipinski definition) is 0. The van der Waals surface area contributed by atoms with E-state index in [0.717, 1.165) is 11.5 Å². The summed E-state index contributed by atoms with van der Waals surface area (Å²) < 4.78 is 0. The topological polar surface area (TPSA) is 17.1 Å². The smallest absolute Gasteiger partial charge is 0.225 e. The van der Waals surface area contributed by atoms with Crippen LogP contribution in [-0.2, 0) is 4.79 Å². The number of rotatable bonds is 1. The molecule has 1 aliphatic heterocycles. The third-order valence-electron chi connectivity index (χ3n) is 2.74. The van der Waals surface area contributed by atoms with Gasteiger partial charge in [0.15, 0.2) is 0 Å². The lowest BCUT2D eigenvalue weighted by molar-refractivity contribution is -0.122. The predicted molar refractivity (Wildman–Crippen MR) is 59.2 cm³/mol. The maximum atomic E-state index is 11.4. The summed E-state index contributed by atoms with van der Waals surface area (Å²) in [6.07, 6.45) is 0. The lowest BCUT2D eigenvalue weighted by atomic mass is 9.66. The van der Waals surface area contributed by atoms with Crippen LogP contribution in [0.2, 0.25) is 0 Å². The fourth-order valence-electron chi connectivity index (χ4n) is 2.42. The summed E-state index contributed by atoms with van der Waals surface area (Å²) in [5, 5.41) is -0.171. The number of hydrogen-bond acceptors (Lipinski definition) is 2. The maximum Gasteiger partial charge on any atom is 0.225 e. The molecule has 0 aromatic carbocycles. The quantitative estimate of drug-likeness (QED) is 0.632. The second kappa shape index (κ2) is 3.47. The highest BCUT2D eigenvalue weighted by atomic mass is 35.5. The van der Waals surface area contributed by atoms with Crippen molar-refractivity contribution in [3.63, 3.8) is 0 Å². The van der Waals surface area contributed by atoms with Crippen LogP contribution in [0.4, 0.5) is 0 Å². The van der Waals surface area contributed by atoms with Gasteiger partial charge in [-0.05, 0) is 33.9 Å². The molecule has 0 aromatic rings. The molecule has 0 bridgehead atoms. The lowest BCUT2D eigenvalue weighted by Crippen LogP contribution is -2.46. The van der Waals surface area contributed by atoms with Crippen molar-refractivity contribution >= 4 is 28.6 Å². The van der Waals surface area contributed by atoms with Crippen molar-refractivity contribution in [1.29, 1.82) is 0 Å². The lowest BCUT2D eigenvalue weighted by Gasteiger charge is -2.46. The molecule has 0 radical (unpaired) electrons. The van der Waals surface area contributed by atoms with Crippen LogP contribution in [0, 0.1) is 16.7 Å². The number of halogens is 1. The zero-order valence-corrected chi connectivity index (χ0v) is 10.3. The highest BCUT2D eigenvalue weighted by molar-refractivity contribution is 7.99. The SMILES string of the molecule is CC1(C)CSCC(C)(C)C1C(=O)Cl. The summed E-state index contributed by atoms with van der Waals surface area (Å²) in [7, 11) is 0. The van der Waals surface area contributed by atoms with Gasteiger partial charge in [-0.15, -0.1) is 0 Å². The summed E-state index contributed by atoms with van der Waals surface area (Å²) in [6, 6.07) is 0.